The lowest BCUT2D eigenvalue weighted by atomic mass is 10.00. The Kier molecular flexibility index (Phi) is 6.00. The van der Waals surface area contributed by atoms with Gasteiger partial charge in [-0.2, -0.15) is 4.31 Å². The van der Waals surface area contributed by atoms with Gasteiger partial charge >= 0.3 is 11.6 Å². The molecule has 0 spiro atoms. The molecule has 0 amide bonds. The Morgan fingerprint density at radius 3 is 2.77 bits per heavy atom. The maximum Gasteiger partial charge on any atom is 0.336 e. The average Bonchev–Trinajstić information content (AvgIpc) is 3.20. The van der Waals surface area contributed by atoms with Gasteiger partial charge in [0.2, 0.25) is 0 Å². The minimum Gasteiger partial charge on any atom is -0.426 e. The van der Waals surface area contributed by atoms with Crippen molar-refractivity contribution in [2.45, 2.75) is 37.3 Å². The highest BCUT2D eigenvalue weighted by Gasteiger charge is 2.35. The Bertz CT molecular complexity index is 1290. The van der Waals surface area contributed by atoms with Gasteiger partial charge in [-0.1, -0.05) is 6.92 Å². The molecule has 4 rings (SSSR count). The lowest BCUT2D eigenvalue weighted by Crippen LogP contribution is -2.43. The molecule has 0 bridgehead atoms. The summed E-state index contributed by atoms with van der Waals surface area (Å²) in [4.78, 5) is 25.4. The normalized spacial score (nSPS) is 17.7. The molecule has 1 fully saturated rings. The van der Waals surface area contributed by atoms with Crippen LogP contribution in [0.25, 0.3) is 11.0 Å². The molecule has 1 aliphatic rings. The molecular weight excluding hydrogens is 438 g/mol. The fraction of sp³-hybridized carbons (Fsp3) is 0.364. The first-order valence-corrected chi connectivity index (χ1v) is 12.4. The molecule has 9 heteroatoms. The van der Waals surface area contributed by atoms with Gasteiger partial charge in [-0.3, -0.25) is 4.79 Å². The average molecular weight is 462 g/mol. The van der Waals surface area contributed by atoms with Gasteiger partial charge < -0.3 is 9.15 Å². The molecule has 1 aliphatic heterocycles. The van der Waals surface area contributed by atoms with E-state index in [9.17, 15) is 18.0 Å². The Hall–Kier alpha value is -2.49. The number of rotatable bonds is 5. The topological polar surface area (TPSA) is 93.9 Å². The van der Waals surface area contributed by atoms with Crippen molar-refractivity contribution >= 4 is 38.3 Å². The van der Waals surface area contributed by atoms with Crippen LogP contribution in [0, 0.1) is 12.8 Å². The van der Waals surface area contributed by atoms with Crippen LogP contribution >= 0.6 is 11.3 Å². The SMILES string of the molecule is CCc1cc(=O)oc2cc(OC(=O)[C@H]3CCCN(S(=O)(=O)c4ccc(C)s4)C3)ccc12. The number of carbonyl (C=O) groups is 1. The minimum atomic E-state index is -3.63. The number of carbonyl (C=O) groups excluding carboxylic acids is 1. The summed E-state index contributed by atoms with van der Waals surface area (Å²) in [6.07, 6.45) is 1.81. The third kappa shape index (κ3) is 4.44. The molecule has 3 heterocycles. The van der Waals surface area contributed by atoms with E-state index in [0.29, 0.717) is 31.4 Å². The quantitative estimate of drug-likeness (QED) is 0.326. The van der Waals surface area contributed by atoms with Crippen LogP contribution in [-0.4, -0.2) is 31.8 Å². The molecule has 1 atom stereocenters. The second-order valence-electron chi connectivity index (χ2n) is 7.59. The van der Waals surface area contributed by atoms with Crippen molar-refractivity contribution in [2.75, 3.05) is 13.1 Å². The Labute approximate surface area is 184 Å². The first-order chi connectivity index (χ1) is 14.8. The second-order valence-corrected chi connectivity index (χ2v) is 11.0. The molecule has 0 aliphatic carbocycles. The maximum absolute atomic E-state index is 12.9. The molecule has 0 saturated carbocycles. The van der Waals surface area contributed by atoms with E-state index in [4.69, 9.17) is 9.15 Å². The van der Waals surface area contributed by atoms with Crippen LogP contribution < -0.4 is 10.4 Å². The third-order valence-electron chi connectivity index (χ3n) is 5.43. The summed E-state index contributed by atoms with van der Waals surface area (Å²) in [6.45, 7) is 4.27. The summed E-state index contributed by atoms with van der Waals surface area (Å²) >= 11 is 1.22. The Morgan fingerprint density at radius 2 is 2.06 bits per heavy atom. The van der Waals surface area contributed by atoms with E-state index in [1.54, 1.807) is 24.3 Å². The lowest BCUT2D eigenvalue weighted by Gasteiger charge is -2.30. The van der Waals surface area contributed by atoms with Gasteiger partial charge in [0.1, 0.15) is 15.5 Å². The van der Waals surface area contributed by atoms with Crippen LogP contribution in [0.4, 0.5) is 0 Å². The van der Waals surface area contributed by atoms with Crippen LogP contribution in [0.15, 0.2) is 49.8 Å². The van der Waals surface area contributed by atoms with Crippen molar-refractivity contribution in [1.82, 2.24) is 4.31 Å². The highest BCUT2D eigenvalue weighted by atomic mass is 32.2. The standard InChI is InChI=1S/C22H23NO6S2/c1-3-15-11-20(24)29-19-12-17(7-8-18(15)19)28-22(25)16-5-4-10-23(13-16)31(26,27)21-9-6-14(2)30-21/h6-9,11-12,16H,3-5,10,13H2,1-2H3/t16-/m0/s1. The van der Waals surface area contributed by atoms with E-state index in [1.807, 2.05) is 13.8 Å². The molecule has 7 nitrogen and oxygen atoms in total. The number of piperidine rings is 1. The van der Waals surface area contributed by atoms with Gasteiger partial charge in [0.05, 0.1) is 5.92 Å². The van der Waals surface area contributed by atoms with Crippen molar-refractivity contribution in [3.05, 3.63) is 57.3 Å². The largest absolute Gasteiger partial charge is 0.426 e. The molecule has 0 N–H and O–H groups in total. The van der Waals surface area contributed by atoms with Crippen molar-refractivity contribution in [1.29, 1.82) is 0 Å². The molecule has 1 saturated heterocycles. The number of thiophene rings is 1. The molecular formula is C22H23NO6S2. The van der Waals surface area contributed by atoms with E-state index in [2.05, 4.69) is 0 Å². The van der Waals surface area contributed by atoms with Gasteiger partial charge in [0.15, 0.2) is 0 Å². The van der Waals surface area contributed by atoms with Crippen LogP contribution in [0.2, 0.25) is 0 Å². The van der Waals surface area contributed by atoms with Crippen molar-refractivity contribution in [3.8, 4) is 5.75 Å². The fourth-order valence-corrected chi connectivity index (χ4v) is 6.76. The molecule has 2 aromatic heterocycles. The Morgan fingerprint density at radius 1 is 1.26 bits per heavy atom. The van der Waals surface area contributed by atoms with Crippen LogP contribution in [-0.2, 0) is 21.2 Å². The number of hydrogen-bond donors (Lipinski definition) is 0. The van der Waals surface area contributed by atoms with Crippen molar-refractivity contribution in [3.63, 3.8) is 0 Å². The van der Waals surface area contributed by atoms with Crippen LogP contribution in [0.3, 0.4) is 0 Å². The number of fused-ring (bicyclic) bond motifs is 1. The van der Waals surface area contributed by atoms with E-state index in [0.717, 1.165) is 15.8 Å². The number of sulfonamides is 1. The van der Waals surface area contributed by atoms with Gasteiger partial charge in [-0.25, -0.2) is 13.2 Å². The molecule has 0 unspecified atom stereocenters. The van der Waals surface area contributed by atoms with Crippen molar-refractivity contribution < 1.29 is 22.4 Å². The lowest BCUT2D eigenvalue weighted by molar-refractivity contribution is -0.140. The zero-order chi connectivity index (χ0) is 22.2. The van der Waals surface area contributed by atoms with E-state index in [1.165, 1.54) is 27.8 Å². The monoisotopic (exact) mass is 461 g/mol. The summed E-state index contributed by atoms with van der Waals surface area (Å²) < 4.78 is 38.2. The smallest absolute Gasteiger partial charge is 0.336 e. The molecule has 3 aromatic rings. The summed E-state index contributed by atoms with van der Waals surface area (Å²) in [5.74, 6) is -0.785. The summed E-state index contributed by atoms with van der Waals surface area (Å²) in [5.41, 5.74) is 0.765. The first kappa shape index (κ1) is 21.7. The number of nitrogens with zero attached hydrogens (tertiary/aromatic N) is 1. The van der Waals surface area contributed by atoms with Crippen LogP contribution in [0.1, 0.15) is 30.2 Å². The van der Waals surface area contributed by atoms with E-state index >= 15 is 0 Å². The third-order valence-corrected chi connectivity index (χ3v) is 8.76. The van der Waals surface area contributed by atoms with E-state index in [-0.39, 0.29) is 16.5 Å². The molecule has 31 heavy (non-hydrogen) atoms. The van der Waals surface area contributed by atoms with Gasteiger partial charge in [-0.05, 0) is 56.0 Å². The second kappa shape index (κ2) is 8.57. The number of hydrogen-bond acceptors (Lipinski definition) is 7. The summed E-state index contributed by atoms with van der Waals surface area (Å²) in [5, 5.41) is 0.795. The maximum atomic E-state index is 12.9. The number of esters is 1. The number of benzene rings is 1. The van der Waals surface area contributed by atoms with Gasteiger partial charge in [0.25, 0.3) is 10.0 Å². The first-order valence-electron chi connectivity index (χ1n) is 10.1. The minimum absolute atomic E-state index is 0.0841. The van der Waals surface area contributed by atoms with Crippen LogP contribution in [0.5, 0.6) is 5.75 Å². The summed E-state index contributed by atoms with van der Waals surface area (Å²) in [6, 6.07) is 9.78. The Balaban J connectivity index is 1.51. The van der Waals surface area contributed by atoms with Crippen molar-refractivity contribution in [2.24, 2.45) is 5.92 Å². The predicted octanol–water partition coefficient (Wildman–Crippen LogP) is 3.73. The number of aryl methyl sites for hydroxylation is 2. The molecule has 0 radical (unpaired) electrons. The van der Waals surface area contributed by atoms with Gasteiger partial charge in [0, 0.05) is 35.5 Å². The van der Waals surface area contributed by atoms with Gasteiger partial charge in [-0.15, -0.1) is 11.3 Å². The summed E-state index contributed by atoms with van der Waals surface area (Å²) in [7, 11) is -3.63. The molecule has 164 valence electrons. The zero-order valence-corrected chi connectivity index (χ0v) is 18.9. The highest BCUT2D eigenvalue weighted by Crippen LogP contribution is 2.29. The fourth-order valence-electron chi connectivity index (χ4n) is 3.80. The molecule has 1 aromatic carbocycles. The predicted molar refractivity (Wildman–Crippen MR) is 118 cm³/mol. The van der Waals surface area contributed by atoms with E-state index < -0.39 is 27.5 Å². The zero-order valence-electron chi connectivity index (χ0n) is 17.3. The number of ether oxygens (including phenoxy) is 1. The highest BCUT2D eigenvalue weighted by molar-refractivity contribution is 7.91.